The molecule has 0 radical (unpaired) electrons. The largest absolute Gasteiger partial charge is 0.504 e. The number of ether oxygens (including phenoxy) is 1. The van der Waals surface area contributed by atoms with Gasteiger partial charge in [0.25, 0.3) is 0 Å². The molecule has 2 unspecified atom stereocenters. The number of aliphatic hydroxyl groups excluding tert-OH is 1. The third kappa shape index (κ3) is 1.85. The predicted octanol–water partition coefficient (Wildman–Crippen LogP) is 3.26. The van der Waals surface area contributed by atoms with E-state index >= 15 is 0 Å². The summed E-state index contributed by atoms with van der Waals surface area (Å²) >= 11 is 0. The van der Waals surface area contributed by atoms with Gasteiger partial charge in [0.2, 0.25) is 0 Å². The van der Waals surface area contributed by atoms with Crippen LogP contribution < -0.4 is 0 Å². The van der Waals surface area contributed by atoms with Gasteiger partial charge in [0.1, 0.15) is 17.6 Å². The Labute approximate surface area is 147 Å². The van der Waals surface area contributed by atoms with Crippen molar-refractivity contribution in [1.29, 1.82) is 0 Å². The first-order chi connectivity index (χ1) is 11.6. The van der Waals surface area contributed by atoms with Crippen LogP contribution in [-0.2, 0) is 14.9 Å². The highest BCUT2D eigenvalue weighted by molar-refractivity contribution is 5.90. The molecule has 136 valence electrons. The molecule has 0 aromatic heterocycles. The molecule has 2 fully saturated rings. The summed E-state index contributed by atoms with van der Waals surface area (Å²) in [7, 11) is 0. The van der Waals surface area contributed by atoms with Crippen LogP contribution in [0.1, 0.15) is 75.7 Å². The lowest BCUT2D eigenvalue weighted by atomic mass is 9.49. The lowest BCUT2D eigenvalue weighted by molar-refractivity contribution is -0.148. The van der Waals surface area contributed by atoms with E-state index < -0.39 is 17.6 Å². The van der Waals surface area contributed by atoms with Gasteiger partial charge in [-0.3, -0.25) is 4.79 Å². The lowest BCUT2D eigenvalue weighted by Gasteiger charge is -2.51. The van der Waals surface area contributed by atoms with Crippen molar-refractivity contribution >= 4 is 5.97 Å². The highest BCUT2D eigenvalue weighted by atomic mass is 16.6. The van der Waals surface area contributed by atoms with Crippen molar-refractivity contribution < 1.29 is 24.9 Å². The van der Waals surface area contributed by atoms with Crippen molar-refractivity contribution in [3.63, 3.8) is 0 Å². The van der Waals surface area contributed by atoms with Gasteiger partial charge in [0, 0.05) is 17.0 Å². The number of carbonyl (C=O) groups excluding carboxylic acids is 1. The molecular formula is C20H26O5. The topological polar surface area (TPSA) is 87.0 Å². The molecule has 3 aliphatic rings. The van der Waals surface area contributed by atoms with Gasteiger partial charge in [0.15, 0.2) is 11.5 Å². The smallest absolute Gasteiger partial charge is 0.317 e. The number of fused-ring (bicyclic) bond motifs is 1. The maximum absolute atomic E-state index is 13.0. The van der Waals surface area contributed by atoms with Crippen molar-refractivity contribution in [1.82, 2.24) is 0 Å². The van der Waals surface area contributed by atoms with Crippen LogP contribution in [0.5, 0.6) is 11.5 Å². The van der Waals surface area contributed by atoms with Crippen LogP contribution >= 0.6 is 0 Å². The summed E-state index contributed by atoms with van der Waals surface area (Å²) < 4.78 is 5.67. The minimum absolute atomic E-state index is 0.0179. The fraction of sp³-hybridized carbons (Fsp3) is 0.650. The normalized spacial score (nSPS) is 35.3. The van der Waals surface area contributed by atoms with Crippen LogP contribution in [0.3, 0.4) is 0 Å². The number of aromatic hydroxyl groups is 2. The lowest BCUT2D eigenvalue weighted by Crippen LogP contribution is -2.54. The molecule has 1 aromatic carbocycles. The number of benzene rings is 1. The average molecular weight is 346 g/mol. The Balaban J connectivity index is 2.06. The first-order valence-electron chi connectivity index (χ1n) is 9.11. The number of phenolic OH excluding ortho intramolecular Hbond substituents is 2. The number of carbonyl (C=O) groups is 1. The van der Waals surface area contributed by atoms with E-state index in [1.807, 2.05) is 13.8 Å². The summed E-state index contributed by atoms with van der Waals surface area (Å²) in [6.45, 7) is 8.02. The highest BCUT2D eigenvalue weighted by Gasteiger charge is 2.70. The number of esters is 1. The van der Waals surface area contributed by atoms with E-state index in [2.05, 4.69) is 13.8 Å². The van der Waals surface area contributed by atoms with E-state index in [9.17, 15) is 20.1 Å². The number of rotatable bonds is 1. The van der Waals surface area contributed by atoms with E-state index in [1.165, 1.54) is 0 Å². The van der Waals surface area contributed by atoms with E-state index in [-0.39, 0.29) is 34.7 Å². The predicted molar refractivity (Wildman–Crippen MR) is 91.5 cm³/mol. The van der Waals surface area contributed by atoms with Crippen molar-refractivity contribution in [3.8, 4) is 11.5 Å². The molecule has 1 aliphatic heterocycles. The van der Waals surface area contributed by atoms with Gasteiger partial charge in [-0.1, -0.05) is 34.1 Å². The molecule has 25 heavy (non-hydrogen) atoms. The Hall–Kier alpha value is -1.75. The zero-order chi connectivity index (χ0) is 18.3. The van der Waals surface area contributed by atoms with Crippen LogP contribution in [0.2, 0.25) is 0 Å². The molecule has 1 saturated heterocycles. The van der Waals surface area contributed by atoms with Crippen molar-refractivity contribution in [2.24, 2.45) is 11.3 Å². The zero-order valence-electron chi connectivity index (χ0n) is 15.2. The maximum atomic E-state index is 13.0. The summed E-state index contributed by atoms with van der Waals surface area (Å²) in [5, 5.41) is 32.4. The first kappa shape index (κ1) is 16.7. The number of hydrogen-bond acceptors (Lipinski definition) is 5. The van der Waals surface area contributed by atoms with Crippen molar-refractivity contribution in [2.75, 3.05) is 0 Å². The Kier molecular flexibility index (Phi) is 3.28. The monoisotopic (exact) mass is 346 g/mol. The summed E-state index contributed by atoms with van der Waals surface area (Å²) in [4.78, 5) is 13.0. The van der Waals surface area contributed by atoms with E-state index in [0.29, 0.717) is 23.1 Å². The second-order valence-corrected chi connectivity index (χ2v) is 8.89. The van der Waals surface area contributed by atoms with Crippen LogP contribution in [0.4, 0.5) is 0 Å². The molecule has 4 atom stereocenters. The van der Waals surface area contributed by atoms with Gasteiger partial charge in [-0.2, -0.15) is 0 Å². The minimum atomic E-state index is -0.985. The second kappa shape index (κ2) is 4.91. The molecule has 0 amide bonds. The van der Waals surface area contributed by atoms with Crippen LogP contribution in [0.25, 0.3) is 0 Å². The molecule has 5 heteroatoms. The SMILES string of the molecule is CC(C)c1cc2c(c(O)c1O)[C@@]13CCCC(C)(C)C1[C@H](OC3=O)C2O. The molecule has 1 heterocycles. The molecule has 2 bridgehead atoms. The molecular weight excluding hydrogens is 320 g/mol. The van der Waals surface area contributed by atoms with Gasteiger partial charge in [-0.15, -0.1) is 0 Å². The van der Waals surface area contributed by atoms with Crippen LogP contribution in [0, 0.1) is 11.3 Å². The summed E-state index contributed by atoms with van der Waals surface area (Å²) in [5.41, 5.74) is 0.319. The molecule has 0 spiro atoms. The third-order valence-electron chi connectivity index (χ3n) is 6.73. The second-order valence-electron chi connectivity index (χ2n) is 8.89. The Morgan fingerprint density at radius 3 is 2.52 bits per heavy atom. The Morgan fingerprint density at radius 2 is 1.88 bits per heavy atom. The zero-order valence-corrected chi connectivity index (χ0v) is 15.2. The average Bonchev–Trinajstić information content (AvgIpc) is 2.79. The van der Waals surface area contributed by atoms with Gasteiger partial charge in [-0.25, -0.2) is 0 Å². The van der Waals surface area contributed by atoms with Gasteiger partial charge in [-0.05, 0) is 35.8 Å². The van der Waals surface area contributed by atoms with Crippen molar-refractivity contribution in [3.05, 3.63) is 22.8 Å². The van der Waals surface area contributed by atoms with E-state index in [4.69, 9.17) is 4.74 Å². The minimum Gasteiger partial charge on any atom is -0.504 e. The van der Waals surface area contributed by atoms with Crippen LogP contribution in [-0.4, -0.2) is 27.4 Å². The van der Waals surface area contributed by atoms with E-state index in [1.54, 1.807) is 6.07 Å². The Morgan fingerprint density at radius 1 is 1.20 bits per heavy atom. The fourth-order valence-corrected chi connectivity index (χ4v) is 5.70. The number of hydrogen-bond donors (Lipinski definition) is 3. The fourth-order valence-electron chi connectivity index (χ4n) is 5.70. The molecule has 1 saturated carbocycles. The van der Waals surface area contributed by atoms with Gasteiger partial charge in [0.05, 0.1) is 0 Å². The summed E-state index contributed by atoms with van der Waals surface area (Å²) in [5.74, 6) is -1.05. The maximum Gasteiger partial charge on any atom is 0.317 e. The summed E-state index contributed by atoms with van der Waals surface area (Å²) in [6, 6.07) is 1.74. The quantitative estimate of drug-likeness (QED) is 0.537. The number of phenols is 2. The Bertz CT molecular complexity index is 766. The standard InChI is InChI=1S/C20H26O5/c1-9(2)10-8-11-12(15(23)13(10)21)20-7-5-6-19(3,4)17(20)16(14(11)22)25-18(20)24/h8-9,14,16-17,21-23H,5-7H2,1-4H3/t14?,16-,17?,20+/m1/s1. The molecule has 3 N–H and O–H groups in total. The molecule has 5 nitrogen and oxygen atoms in total. The summed E-state index contributed by atoms with van der Waals surface area (Å²) in [6.07, 6.45) is 0.767. The first-order valence-corrected chi connectivity index (χ1v) is 9.11. The highest BCUT2D eigenvalue weighted by Crippen LogP contribution is 2.66. The van der Waals surface area contributed by atoms with E-state index in [0.717, 1.165) is 12.8 Å². The molecule has 4 rings (SSSR count). The van der Waals surface area contributed by atoms with Gasteiger partial charge < -0.3 is 20.1 Å². The van der Waals surface area contributed by atoms with Crippen molar-refractivity contribution in [2.45, 2.75) is 70.5 Å². The number of aliphatic hydroxyl groups is 1. The molecule has 2 aliphatic carbocycles. The van der Waals surface area contributed by atoms with Crippen LogP contribution in [0.15, 0.2) is 6.07 Å². The third-order valence-corrected chi connectivity index (χ3v) is 6.73. The van der Waals surface area contributed by atoms with Gasteiger partial charge >= 0.3 is 5.97 Å². The molecule has 1 aromatic rings.